The molecule has 3 aromatic rings. The van der Waals surface area contributed by atoms with Gasteiger partial charge in [0.25, 0.3) is 15.9 Å². The summed E-state index contributed by atoms with van der Waals surface area (Å²) in [6.07, 6.45) is 0. The number of hydrogen-bond donors (Lipinski definition) is 3. The predicted molar refractivity (Wildman–Crippen MR) is 142 cm³/mol. The molecule has 0 saturated carbocycles. The molecule has 35 heavy (non-hydrogen) atoms. The summed E-state index contributed by atoms with van der Waals surface area (Å²) in [5, 5.41) is 5.47. The highest BCUT2D eigenvalue weighted by molar-refractivity contribution is 14.1. The highest BCUT2D eigenvalue weighted by atomic mass is 127. The van der Waals surface area contributed by atoms with Crippen LogP contribution in [-0.4, -0.2) is 50.7 Å². The molecule has 0 atom stereocenters. The second-order valence-electron chi connectivity index (χ2n) is 6.67. The van der Waals surface area contributed by atoms with Crippen LogP contribution in [0.2, 0.25) is 0 Å². The fraction of sp³-hybridized carbons (Fsp3) is 0.143. The second-order valence-corrected chi connectivity index (χ2v) is 9.92. The number of ether oxygens (including phenoxy) is 3. The highest BCUT2D eigenvalue weighted by Gasteiger charge is 2.17. The van der Waals surface area contributed by atoms with E-state index in [2.05, 4.69) is 47.9 Å². The number of nitrogens with zero attached hydrogens (tertiary/aromatic N) is 2. The molecule has 0 aliphatic rings. The maximum Gasteiger partial charge on any atom is 0.321 e. The lowest BCUT2D eigenvalue weighted by atomic mass is 10.2. The zero-order chi connectivity index (χ0) is 25.6. The summed E-state index contributed by atoms with van der Waals surface area (Å²) >= 11 is 7.26. The lowest BCUT2D eigenvalue weighted by molar-refractivity contribution is 0.0977. The smallest absolute Gasteiger partial charge is 0.321 e. The topological polar surface area (TPSA) is 141 Å². The van der Waals surface area contributed by atoms with Crippen LogP contribution in [-0.2, 0) is 10.0 Å². The zero-order valence-corrected chi connectivity index (χ0v) is 22.4. The first-order valence-electron chi connectivity index (χ1n) is 9.71. The summed E-state index contributed by atoms with van der Waals surface area (Å²) in [5.74, 6) is 0.370. The van der Waals surface area contributed by atoms with Crippen molar-refractivity contribution in [2.75, 3.05) is 31.4 Å². The molecular weight excluding hydrogens is 609 g/mol. The van der Waals surface area contributed by atoms with Gasteiger partial charge in [-0.2, -0.15) is 9.97 Å². The predicted octanol–water partition coefficient (Wildman–Crippen LogP) is 3.03. The van der Waals surface area contributed by atoms with Gasteiger partial charge in [0.2, 0.25) is 5.88 Å². The van der Waals surface area contributed by atoms with Gasteiger partial charge in [0.15, 0.2) is 10.9 Å². The third-order valence-electron chi connectivity index (χ3n) is 4.38. The molecule has 0 aliphatic heterocycles. The van der Waals surface area contributed by atoms with Gasteiger partial charge in [0.05, 0.1) is 29.8 Å². The van der Waals surface area contributed by atoms with E-state index in [1.807, 2.05) is 0 Å². The summed E-state index contributed by atoms with van der Waals surface area (Å²) < 4.78 is 43.8. The minimum absolute atomic E-state index is 0.0204. The third kappa shape index (κ3) is 6.89. The molecule has 2 aromatic carbocycles. The number of methoxy groups -OCH3 is 3. The summed E-state index contributed by atoms with van der Waals surface area (Å²) in [4.78, 5) is 20.3. The molecule has 0 saturated heterocycles. The van der Waals surface area contributed by atoms with Crippen molar-refractivity contribution in [3.63, 3.8) is 0 Å². The molecule has 0 spiro atoms. The van der Waals surface area contributed by atoms with E-state index in [1.165, 1.54) is 44.6 Å². The summed E-state index contributed by atoms with van der Waals surface area (Å²) in [5.41, 5.74) is 0.883. The van der Waals surface area contributed by atoms with Crippen LogP contribution in [0.1, 0.15) is 10.4 Å². The number of anilines is 2. The molecule has 0 fully saturated rings. The molecular formula is C21H20IN5O6S2. The Bertz CT molecular complexity index is 1330. The van der Waals surface area contributed by atoms with E-state index in [9.17, 15) is 13.2 Å². The first kappa shape index (κ1) is 26.4. The summed E-state index contributed by atoms with van der Waals surface area (Å²) in [6.45, 7) is 0. The lowest BCUT2D eigenvalue weighted by Gasteiger charge is -2.12. The van der Waals surface area contributed by atoms with Crippen molar-refractivity contribution in [1.82, 2.24) is 15.3 Å². The van der Waals surface area contributed by atoms with Crippen molar-refractivity contribution in [2.45, 2.75) is 4.90 Å². The minimum Gasteiger partial charge on any atom is -0.496 e. The third-order valence-corrected chi connectivity index (χ3v) is 6.79. The average molecular weight is 629 g/mol. The SMILES string of the molecule is COc1cc(NS(=O)(=O)c2ccc(NC(=S)NC(=O)c3ccc(OC)c(I)c3)cc2)nc(OC)n1. The van der Waals surface area contributed by atoms with Crippen molar-refractivity contribution in [3.05, 3.63) is 57.7 Å². The summed E-state index contributed by atoms with van der Waals surface area (Å²) in [7, 11) is 0.318. The molecule has 0 bridgehead atoms. The normalized spacial score (nSPS) is 10.7. The monoisotopic (exact) mass is 629 g/mol. The van der Waals surface area contributed by atoms with E-state index in [4.69, 9.17) is 26.4 Å². The Labute approximate surface area is 220 Å². The first-order chi connectivity index (χ1) is 16.6. The Kier molecular flexibility index (Phi) is 8.63. The number of carbonyl (C=O) groups is 1. The van der Waals surface area contributed by atoms with Crippen molar-refractivity contribution >= 4 is 67.4 Å². The van der Waals surface area contributed by atoms with Gasteiger partial charge in [-0.1, -0.05) is 0 Å². The highest BCUT2D eigenvalue weighted by Crippen LogP contribution is 2.23. The lowest BCUT2D eigenvalue weighted by Crippen LogP contribution is -2.34. The van der Waals surface area contributed by atoms with Crippen molar-refractivity contribution in [1.29, 1.82) is 0 Å². The molecule has 0 aliphatic carbocycles. The maximum absolute atomic E-state index is 12.7. The number of benzene rings is 2. The van der Waals surface area contributed by atoms with Crippen LogP contribution in [0.15, 0.2) is 53.4 Å². The van der Waals surface area contributed by atoms with Crippen molar-refractivity contribution < 1.29 is 27.4 Å². The largest absolute Gasteiger partial charge is 0.496 e. The van der Waals surface area contributed by atoms with Crippen molar-refractivity contribution in [3.8, 4) is 17.6 Å². The molecule has 11 nitrogen and oxygen atoms in total. The van der Waals surface area contributed by atoms with Crippen LogP contribution in [0.25, 0.3) is 0 Å². The minimum atomic E-state index is -3.97. The Morgan fingerprint density at radius 1 is 0.971 bits per heavy atom. The van der Waals surface area contributed by atoms with Gasteiger partial charge in [-0.3, -0.25) is 14.8 Å². The van der Waals surface area contributed by atoms with Crippen LogP contribution >= 0.6 is 34.8 Å². The number of hydrogen-bond acceptors (Lipinski definition) is 9. The first-order valence-corrected chi connectivity index (χ1v) is 12.7. The molecule has 3 N–H and O–H groups in total. The number of rotatable bonds is 8. The molecule has 0 unspecified atom stereocenters. The number of aromatic nitrogens is 2. The fourth-order valence-corrected chi connectivity index (χ4v) is 4.65. The van der Waals surface area contributed by atoms with Crippen LogP contribution in [0.5, 0.6) is 17.6 Å². The Morgan fingerprint density at radius 3 is 2.29 bits per heavy atom. The number of thiocarbonyl (C=S) groups is 1. The second kappa shape index (κ2) is 11.5. The van der Waals surface area contributed by atoms with Gasteiger partial charge >= 0.3 is 6.01 Å². The number of halogens is 1. The van der Waals surface area contributed by atoms with E-state index in [0.717, 1.165) is 3.57 Å². The molecule has 184 valence electrons. The van der Waals surface area contributed by atoms with Crippen LogP contribution in [0.3, 0.4) is 0 Å². The number of carbonyl (C=O) groups excluding carboxylic acids is 1. The Hall–Kier alpha value is -3.24. The number of amides is 1. The van der Waals surface area contributed by atoms with Gasteiger partial charge in [0.1, 0.15) is 5.75 Å². The van der Waals surface area contributed by atoms with Crippen LogP contribution in [0, 0.1) is 3.57 Å². The molecule has 1 aromatic heterocycles. The molecule has 0 radical (unpaired) electrons. The molecule has 3 rings (SSSR count). The quantitative estimate of drug-likeness (QED) is 0.252. The van der Waals surface area contributed by atoms with Gasteiger partial charge in [-0.15, -0.1) is 0 Å². The molecule has 14 heteroatoms. The van der Waals surface area contributed by atoms with E-state index in [1.54, 1.807) is 25.3 Å². The van der Waals surface area contributed by atoms with Gasteiger partial charge in [-0.05, 0) is 77.3 Å². The molecule has 1 amide bonds. The standard InChI is InChI=1S/C21H20IN5O6S2/c1-31-16-9-4-12(10-15(16)22)19(28)26-21(34)23-13-5-7-14(8-6-13)35(29,30)27-17-11-18(32-2)25-20(24-17)33-3/h4-11H,1-3H3,(H,24,25,27)(H2,23,26,28,34). The Morgan fingerprint density at radius 2 is 1.69 bits per heavy atom. The van der Waals surface area contributed by atoms with Gasteiger partial charge < -0.3 is 19.5 Å². The number of nitrogens with one attached hydrogen (secondary N) is 3. The van der Waals surface area contributed by atoms with Crippen LogP contribution < -0.4 is 29.6 Å². The maximum atomic E-state index is 12.7. The van der Waals surface area contributed by atoms with Gasteiger partial charge in [0, 0.05) is 17.3 Å². The summed E-state index contributed by atoms with van der Waals surface area (Å²) in [6, 6.07) is 12.0. The Balaban J connectivity index is 1.65. The average Bonchev–Trinajstić information content (AvgIpc) is 2.83. The van der Waals surface area contributed by atoms with E-state index in [0.29, 0.717) is 17.0 Å². The van der Waals surface area contributed by atoms with Crippen LogP contribution in [0.4, 0.5) is 11.5 Å². The fourth-order valence-electron chi connectivity index (χ4n) is 2.71. The number of sulfonamides is 1. The van der Waals surface area contributed by atoms with E-state index >= 15 is 0 Å². The zero-order valence-electron chi connectivity index (χ0n) is 18.7. The van der Waals surface area contributed by atoms with E-state index in [-0.39, 0.29) is 27.7 Å². The van der Waals surface area contributed by atoms with Crippen molar-refractivity contribution in [2.24, 2.45) is 0 Å². The van der Waals surface area contributed by atoms with Gasteiger partial charge in [-0.25, -0.2) is 8.42 Å². The van der Waals surface area contributed by atoms with E-state index < -0.39 is 15.9 Å². The molecule has 1 heterocycles.